The van der Waals surface area contributed by atoms with Gasteiger partial charge in [0.05, 0.1) is 6.20 Å². The minimum absolute atomic E-state index is 0. The molecule has 8 heteroatoms. The SMILES string of the molecule is C.C1CC(N2CCC2)C1.Cc1ccc(-c2ncon2)cc1NC(=O)c1cnc2ccccn12. The summed E-state index contributed by atoms with van der Waals surface area (Å²) in [6.07, 6.45) is 10.5. The van der Waals surface area contributed by atoms with Crippen LogP contribution in [0.15, 0.2) is 59.7 Å². The van der Waals surface area contributed by atoms with Gasteiger partial charge in [0, 0.05) is 23.5 Å². The smallest absolute Gasteiger partial charge is 0.274 e. The second-order valence-corrected chi connectivity index (χ2v) is 8.29. The molecule has 172 valence electrons. The van der Waals surface area contributed by atoms with Crippen LogP contribution in [0.25, 0.3) is 17.0 Å². The molecule has 1 amide bonds. The summed E-state index contributed by atoms with van der Waals surface area (Å²) in [4.78, 5) is 23.5. The third kappa shape index (κ3) is 4.80. The second kappa shape index (κ2) is 9.95. The van der Waals surface area contributed by atoms with Gasteiger partial charge in [0.15, 0.2) is 0 Å². The summed E-state index contributed by atoms with van der Waals surface area (Å²) in [6, 6.07) is 12.2. The fourth-order valence-electron chi connectivity index (χ4n) is 3.94. The molecule has 2 aliphatic rings. The van der Waals surface area contributed by atoms with Crippen molar-refractivity contribution >= 4 is 17.2 Å². The van der Waals surface area contributed by atoms with Crippen molar-refractivity contribution in [2.45, 2.75) is 46.1 Å². The number of hydrogen-bond acceptors (Lipinski definition) is 6. The summed E-state index contributed by atoms with van der Waals surface area (Å²) < 4.78 is 6.51. The Kier molecular flexibility index (Phi) is 6.84. The van der Waals surface area contributed by atoms with Crippen molar-refractivity contribution in [3.05, 3.63) is 66.4 Å². The van der Waals surface area contributed by atoms with Crippen LogP contribution < -0.4 is 5.32 Å². The molecular formula is C25H30N6O2. The molecule has 1 aliphatic heterocycles. The molecule has 2 fully saturated rings. The van der Waals surface area contributed by atoms with E-state index >= 15 is 0 Å². The van der Waals surface area contributed by atoms with Crippen LogP contribution >= 0.6 is 0 Å². The fourth-order valence-corrected chi connectivity index (χ4v) is 3.94. The number of anilines is 1. The number of hydrogen-bond donors (Lipinski definition) is 1. The molecule has 0 unspecified atom stereocenters. The highest BCUT2D eigenvalue weighted by molar-refractivity contribution is 6.04. The van der Waals surface area contributed by atoms with Gasteiger partial charge in [-0.1, -0.05) is 37.2 Å². The zero-order valence-electron chi connectivity index (χ0n) is 18.1. The van der Waals surface area contributed by atoms with Crippen molar-refractivity contribution < 1.29 is 9.32 Å². The van der Waals surface area contributed by atoms with E-state index in [1.54, 1.807) is 16.8 Å². The number of aromatic nitrogens is 4. The average molecular weight is 447 g/mol. The van der Waals surface area contributed by atoms with Crippen molar-refractivity contribution in [3.63, 3.8) is 0 Å². The summed E-state index contributed by atoms with van der Waals surface area (Å²) in [6.45, 7) is 4.71. The molecular weight excluding hydrogens is 416 g/mol. The number of imidazole rings is 1. The Labute approximate surface area is 193 Å². The van der Waals surface area contributed by atoms with Gasteiger partial charge in [-0.2, -0.15) is 4.98 Å². The topological polar surface area (TPSA) is 88.6 Å². The quantitative estimate of drug-likeness (QED) is 0.483. The van der Waals surface area contributed by atoms with Crippen LogP contribution in [-0.4, -0.2) is 49.5 Å². The minimum Gasteiger partial charge on any atom is -0.342 e. The van der Waals surface area contributed by atoms with E-state index in [0.29, 0.717) is 17.2 Å². The Morgan fingerprint density at radius 1 is 1.12 bits per heavy atom. The Hall–Kier alpha value is -3.52. The zero-order valence-corrected chi connectivity index (χ0v) is 18.1. The molecule has 3 aromatic heterocycles. The molecule has 0 spiro atoms. The molecule has 0 bridgehead atoms. The minimum atomic E-state index is -0.234. The van der Waals surface area contributed by atoms with Crippen molar-refractivity contribution in [1.29, 1.82) is 0 Å². The fraction of sp³-hybridized carbons (Fsp3) is 0.360. The molecule has 4 aromatic rings. The number of carbonyl (C=O) groups excluding carboxylic acids is 1. The number of fused-ring (bicyclic) bond motifs is 1. The number of likely N-dealkylation sites (tertiary alicyclic amines) is 1. The lowest BCUT2D eigenvalue weighted by atomic mass is 9.89. The summed E-state index contributed by atoms with van der Waals surface area (Å²) in [7, 11) is 0. The first-order valence-corrected chi connectivity index (χ1v) is 11.0. The molecule has 8 nitrogen and oxygen atoms in total. The van der Waals surface area contributed by atoms with E-state index in [-0.39, 0.29) is 13.3 Å². The molecule has 6 rings (SSSR count). The number of pyridine rings is 1. The maximum atomic E-state index is 12.6. The number of rotatable bonds is 4. The monoisotopic (exact) mass is 446 g/mol. The van der Waals surface area contributed by atoms with E-state index < -0.39 is 0 Å². The highest BCUT2D eigenvalue weighted by atomic mass is 16.5. The van der Waals surface area contributed by atoms with E-state index in [4.69, 9.17) is 4.52 Å². The number of nitrogens with one attached hydrogen (secondary N) is 1. The number of nitrogens with zero attached hydrogens (tertiary/aromatic N) is 5. The predicted molar refractivity (Wildman–Crippen MR) is 128 cm³/mol. The van der Waals surface area contributed by atoms with Crippen LogP contribution in [0.1, 0.15) is 49.2 Å². The van der Waals surface area contributed by atoms with Crippen LogP contribution in [0, 0.1) is 6.92 Å². The maximum absolute atomic E-state index is 12.6. The van der Waals surface area contributed by atoms with Gasteiger partial charge >= 0.3 is 0 Å². The van der Waals surface area contributed by atoms with Crippen LogP contribution in [0.5, 0.6) is 0 Å². The Balaban J connectivity index is 0.000000242. The predicted octanol–water partition coefficient (Wildman–Crippen LogP) is 4.83. The van der Waals surface area contributed by atoms with Gasteiger partial charge in [-0.05, 0) is 63.0 Å². The highest BCUT2D eigenvalue weighted by Crippen LogP contribution is 2.28. The van der Waals surface area contributed by atoms with Gasteiger partial charge in [0.25, 0.3) is 5.91 Å². The highest BCUT2D eigenvalue weighted by Gasteiger charge is 2.28. The van der Waals surface area contributed by atoms with Crippen molar-refractivity contribution in [2.24, 2.45) is 0 Å². The molecule has 1 saturated heterocycles. The van der Waals surface area contributed by atoms with Gasteiger partial charge in [-0.15, -0.1) is 0 Å². The lowest BCUT2D eigenvalue weighted by Crippen LogP contribution is -2.48. The Bertz CT molecular complexity index is 1200. The number of carbonyl (C=O) groups is 1. The summed E-state index contributed by atoms with van der Waals surface area (Å²) >= 11 is 0. The second-order valence-electron chi connectivity index (χ2n) is 8.29. The first-order valence-electron chi connectivity index (χ1n) is 11.0. The van der Waals surface area contributed by atoms with Crippen LogP contribution in [0.2, 0.25) is 0 Å². The largest absolute Gasteiger partial charge is 0.342 e. The number of amides is 1. The average Bonchev–Trinajstić information content (AvgIpc) is 3.41. The molecule has 1 aromatic carbocycles. The third-order valence-corrected chi connectivity index (χ3v) is 6.24. The molecule has 0 radical (unpaired) electrons. The molecule has 33 heavy (non-hydrogen) atoms. The van der Waals surface area contributed by atoms with Crippen LogP contribution in [0.4, 0.5) is 5.69 Å². The van der Waals surface area contributed by atoms with Crippen LogP contribution in [0.3, 0.4) is 0 Å². The Morgan fingerprint density at radius 3 is 2.61 bits per heavy atom. The molecule has 1 aliphatic carbocycles. The van der Waals surface area contributed by atoms with Crippen LogP contribution in [-0.2, 0) is 0 Å². The molecule has 4 heterocycles. The van der Waals surface area contributed by atoms with Crippen molar-refractivity contribution in [1.82, 2.24) is 24.4 Å². The van der Waals surface area contributed by atoms with E-state index in [9.17, 15) is 4.79 Å². The zero-order chi connectivity index (χ0) is 21.9. The number of aryl methyl sites for hydroxylation is 1. The van der Waals surface area contributed by atoms with Gasteiger partial charge in [-0.25, -0.2) is 4.98 Å². The number of benzene rings is 1. The molecule has 1 N–H and O–H groups in total. The molecule has 1 saturated carbocycles. The summed E-state index contributed by atoms with van der Waals surface area (Å²) in [5.74, 6) is 0.238. The van der Waals surface area contributed by atoms with Crippen molar-refractivity contribution in [2.75, 3.05) is 18.4 Å². The summed E-state index contributed by atoms with van der Waals surface area (Å²) in [5.41, 5.74) is 3.58. The lowest BCUT2D eigenvalue weighted by Gasteiger charge is -2.43. The van der Waals surface area contributed by atoms with E-state index in [1.807, 2.05) is 43.3 Å². The maximum Gasteiger partial charge on any atom is 0.274 e. The Morgan fingerprint density at radius 2 is 1.97 bits per heavy atom. The first kappa shape index (κ1) is 22.7. The van der Waals surface area contributed by atoms with Crippen molar-refractivity contribution in [3.8, 4) is 11.4 Å². The van der Waals surface area contributed by atoms with E-state index in [2.05, 4.69) is 25.3 Å². The lowest BCUT2D eigenvalue weighted by molar-refractivity contribution is 0.0676. The normalized spacial score (nSPS) is 15.5. The third-order valence-electron chi connectivity index (χ3n) is 6.24. The summed E-state index contributed by atoms with van der Waals surface area (Å²) in [5, 5.41) is 6.74. The van der Waals surface area contributed by atoms with E-state index in [1.165, 1.54) is 45.2 Å². The first-order chi connectivity index (χ1) is 15.7. The standard InChI is InChI=1S/C17H13N5O2.C7H13N.CH4/c1-11-5-6-12(16-19-10-24-21-16)8-13(11)20-17(23)14-9-18-15-4-2-3-7-22(14)15;1-3-7(4-1)8-5-2-6-8;/h2-10H,1H3,(H,20,23);7H,1-6H2;1H4. The molecule has 0 atom stereocenters. The van der Waals surface area contributed by atoms with E-state index in [0.717, 1.165) is 22.8 Å². The van der Waals surface area contributed by atoms with Gasteiger partial charge in [0.1, 0.15) is 11.3 Å². The van der Waals surface area contributed by atoms with Gasteiger partial charge < -0.3 is 14.7 Å². The van der Waals surface area contributed by atoms with Gasteiger partial charge in [-0.3, -0.25) is 9.20 Å². The van der Waals surface area contributed by atoms with Gasteiger partial charge in [0.2, 0.25) is 12.2 Å².